The van der Waals surface area contributed by atoms with Crippen molar-refractivity contribution in [3.05, 3.63) is 58.1 Å². The number of halogens is 1. The van der Waals surface area contributed by atoms with E-state index in [1.54, 1.807) is 6.21 Å². The minimum Gasteiger partial charge on any atom is -0.507 e. The number of aliphatic imine (C=N–C) groups is 1. The maximum Gasteiger partial charge on any atom is 0.121 e. The standard InChI is InChI=1S/C15H14ClNO/c1-10-7-12(8-11(2)15(10)18)9-17-14-6-4-3-5-13(14)16/h3-9,18H,1-2H3. The van der Waals surface area contributed by atoms with E-state index < -0.39 is 0 Å². The lowest BCUT2D eigenvalue weighted by atomic mass is 10.1. The van der Waals surface area contributed by atoms with Crippen LogP contribution in [0.1, 0.15) is 16.7 Å². The second kappa shape index (κ2) is 5.23. The van der Waals surface area contributed by atoms with E-state index in [2.05, 4.69) is 4.99 Å². The largest absolute Gasteiger partial charge is 0.507 e. The molecule has 0 bridgehead atoms. The molecular weight excluding hydrogens is 246 g/mol. The van der Waals surface area contributed by atoms with Gasteiger partial charge < -0.3 is 5.11 Å². The van der Waals surface area contributed by atoms with Gasteiger partial charge in [0.15, 0.2) is 0 Å². The van der Waals surface area contributed by atoms with Crippen LogP contribution in [0.5, 0.6) is 5.75 Å². The highest BCUT2D eigenvalue weighted by Gasteiger charge is 2.02. The summed E-state index contributed by atoms with van der Waals surface area (Å²) in [5, 5.41) is 10.3. The summed E-state index contributed by atoms with van der Waals surface area (Å²) in [5.41, 5.74) is 3.37. The zero-order chi connectivity index (χ0) is 13.1. The summed E-state index contributed by atoms with van der Waals surface area (Å²) < 4.78 is 0. The summed E-state index contributed by atoms with van der Waals surface area (Å²) in [4.78, 5) is 4.35. The van der Waals surface area contributed by atoms with Crippen LogP contribution in [0.15, 0.2) is 41.4 Å². The first-order valence-electron chi connectivity index (χ1n) is 5.67. The Hall–Kier alpha value is -1.80. The molecule has 0 aliphatic carbocycles. The lowest BCUT2D eigenvalue weighted by Crippen LogP contribution is -1.87. The fourth-order valence-corrected chi connectivity index (χ4v) is 1.95. The van der Waals surface area contributed by atoms with Gasteiger partial charge >= 0.3 is 0 Å². The van der Waals surface area contributed by atoms with Crippen molar-refractivity contribution in [1.29, 1.82) is 0 Å². The number of phenols is 1. The number of rotatable bonds is 2. The fraction of sp³-hybridized carbons (Fsp3) is 0.133. The van der Waals surface area contributed by atoms with Crippen LogP contribution in [-0.2, 0) is 0 Å². The summed E-state index contributed by atoms with van der Waals surface area (Å²) in [6.07, 6.45) is 1.75. The Labute approximate surface area is 112 Å². The Morgan fingerprint density at radius 1 is 1.11 bits per heavy atom. The maximum absolute atomic E-state index is 9.69. The maximum atomic E-state index is 9.69. The third kappa shape index (κ3) is 2.71. The molecule has 2 aromatic carbocycles. The second-order valence-electron chi connectivity index (χ2n) is 4.21. The monoisotopic (exact) mass is 259 g/mol. The normalized spacial score (nSPS) is 11.1. The molecule has 0 saturated heterocycles. The molecule has 3 heteroatoms. The van der Waals surface area contributed by atoms with Gasteiger partial charge in [-0.1, -0.05) is 23.7 Å². The van der Waals surface area contributed by atoms with E-state index in [9.17, 15) is 5.11 Å². The zero-order valence-corrected chi connectivity index (χ0v) is 11.1. The molecule has 0 aliphatic rings. The number of hydrogen-bond acceptors (Lipinski definition) is 2. The predicted octanol–water partition coefficient (Wildman–Crippen LogP) is 4.41. The highest BCUT2D eigenvalue weighted by Crippen LogP contribution is 2.25. The number of para-hydroxylation sites is 1. The van der Waals surface area contributed by atoms with E-state index in [1.165, 1.54) is 0 Å². The third-order valence-electron chi connectivity index (χ3n) is 2.72. The van der Waals surface area contributed by atoms with Crippen molar-refractivity contribution >= 4 is 23.5 Å². The molecule has 0 aliphatic heterocycles. The number of nitrogens with zero attached hydrogens (tertiary/aromatic N) is 1. The van der Waals surface area contributed by atoms with Crippen molar-refractivity contribution in [2.75, 3.05) is 0 Å². The average molecular weight is 260 g/mol. The van der Waals surface area contributed by atoms with Gasteiger partial charge in [-0.3, -0.25) is 4.99 Å². The summed E-state index contributed by atoms with van der Waals surface area (Å²) in [5.74, 6) is 0.338. The van der Waals surface area contributed by atoms with Gasteiger partial charge in [0.25, 0.3) is 0 Å². The lowest BCUT2D eigenvalue weighted by Gasteiger charge is -2.04. The highest BCUT2D eigenvalue weighted by molar-refractivity contribution is 6.33. The van der Waals surface area contributed by atoms with Gasteiger partial charge in [0.05, 0.1) is 10.7 Å². The number of aromatic hydroxyl groups is 1. The molecule has 0 fully saturated rings. The molecule has 0 atom stereocenters. The molecule has 2 aromatic rings. The van der Waals surface area contributed by atoms with Crippen LogP contribution in [0, 0.1) is 13.8 Å². The Morgan fingerprint density at radius 3 is 2.33 bits per heavy atom. The van der Waals surface area contributed by atoms with Crippen LogP contribution in [0.3, 0.4) is 0 Å². The van der Waals surface area contributed by atoms with Crippen LogP contribution in [0.4, 0.5) is 5.69 Å². The molecule has 92 valence electrons. The molecule has 0 spiro atoms. The zero-order valence-electron chi connectivity index (χ0n) is 10.3. The first-order chi connectivity index (χ1) is 8.58. The van der Waals surface area contributed by atoms with Crippen LogP contribution in [0.25, 0.3) is 0 Å². The van der Waals surface area contributed by atoms with Gasteiger partial charge in [-0.25, -0.2) is 0 Å². The van der Waals surface area contributed by atoms with Gasteiger partial charge in [-0.15, -0.1) is 0 Å². The van der Waals surface area contributed by atoms with E-state index >= 15 is 0 Å². The fourth-order valence-electron chi connectivity index (χ4n) is 1.76. The first kappa shape index (κ1) is 12.7. The SMILES string of the molecule is Cc1cc(C=Nc2ccccc2Cl)cc(C)c1O. The molecule has 0 amide bonds. The van der Waals surface area contributed by atoms with E-state index in [-0.39, 0.29) is 0 Å². The minimum absolute atomic E-state index is 0.338. The molecule has 2 nitrogen and oxygen atoms in total. The van der Waals surface area contributed by atoms with Gasteiger partial charge in [-0.05, 0) is 54.8 Å². The topological polar surface area (TPSA) is 32.6 Å². The predicted molar refractivity (Wildman–Crippen MR) is 76.3 cm³/mol. The van der Waals surface area contributed by atoms with Crippen molar-refractivity contribution in [2.45, 2.75) is 13.8 Å². The van der Waals surface area contributed by atoms with Crippen LogP contribution < -0.4 is 0 Å². The van der Waals surface area contributed by atoms with E-state index in [4.69, 9.17) is 11.6 Å². The van der Waals surface area contributed by atoms with Crippen LogP contribution in [0.2, 0.25) is 5.02 Å². The molecule has 0 aromatic heterocycles. The Morgan fingerprint density at radius 2 is 1.72 bits per heavy atom. The first-order valence-corrected chi connectivity index (χ1v) is 6.04. The molecular formula is C15H14ClNO. The molecule has 0 heterocycles. The van der Waals surface area contributed by atoms with Crippen molar-refractivity contribution in [2.24, 2.45) is 4.99 Å². The Kier molecular flexibility index (Phi) is 3.68. The molecule has 1 N–H and O–H groups in total. The van der Waals surface area contributed by atoms with Crippen molar-refractivity contribution < 1.29 is 5.11 Å². The van der Waals surface area contributed by atoms with Crippen molar-refractivity contribution in [1.82, 2.24) is 0 Å². The van der Waals surface area contributed by atoms with Gasteiger partial charge in [0.2, 0.25) is 0 Å². The number of aryl methyl sites for hydroxylation is 2. The minimum atomic E-state index is 0.338. The van der Waals surface area contributed by atoms with Crippen LogP contribution in [-0.4, -0.2) is 11.3 Å². The molecule has 0 radical (unpaired) electrons. The van der Waals surface area contributed by atoms with Gasteiger partial charge in [0.1, 0.15) is 5.75 Å². The smallest absolute Gasteiger partial charge is 0.121 e. The van der Waals surface area contributed by atoms with E-state index in [1.807, 2.05) is 50.2 Å². The average Bonchev–Trinajstić information content (AvgIpc) is 2.35. The number of benzene rings is 2. The molecule has 0 unspecified atom stereocenters. The van der Waals surface area contributed by atoms with E-state index in [0.29, 0.717) is 10.8 Å². The van der Waals surface area contributed by atoms with E-state index in [0.717, 1.165) is 22.4 Å². The number of phenolic OH excluding ortho intramolecular Hbond substituents is 1. The quantitative estimate of drug-likeness (QED) is 0.796. The second-order valence-corrected chi connectivity index (χ2v) is 4.62. The summed E-state index contributed by atoms with van der Waals surface area (Å²) in [7, 11) is 0. The van der Waals surface area contributed by atoms with Gasteiger partial charge in [-0.2, -0.15) is 0 Å². The van der Waals surface area contributed by atoms with Crippen molar-refractivity contribution in [3.63, 3.8) is 0 Å². The summed E-state index contributed by atoms with van der Waals surface area (Å²) in [6, 6.07) is 11.2. The summed E-state index contributed by atoms with van der Waals surface area (Å²) in [6.45, 7) is 3.74. The Balaban J connectivity index is 2.33. The lowest BCUT2D eigenvalue weighted by molar-refractivity contribution is 0.467. The molecule has 18 heavy (non-hydrogen) atoms. The molecule has 0 saturated carbocycles. The van der Waals surface area contributed by atoms with Crippen molar-refractivity contribution in [3.8, 4) is 5.75 Å². The van der Waals surface area contributed by atoms with Gasteiger partial charge in [0, 0.05) is 6.21 Å². The Bertz CT molecular complexity index is 582. The number of hydrogen-bond donors (Lipinski definition) is 1. The molecule has 2 rings (SSSR count). The highest BCUT2D eigenvalue weighted by atomic mass is 35.5. The third-order valence-corrected chi connectivity index (χ3v) is 3.04. The summed E-state index contributed by atoms with van der Waals surface area (Å²) >= 11 is 6.02. The van der Waals surface area contributed by atoms with Crippen LogP contribution >= 0.6 is 11.6 Å².